The van der Waals surface area contributed by atoms with Crippen molar-refractivity contribution in [2.24, 2.45) is 7.05 Å². The van der Waals surface area contributed by atoms with E-state index >= 15 is 0 Å². The highest BCUT2D eigenvalue weighted by molar-refractivity contribution is 5.88. The number of carbonyl (C=O) groups excluding carboxylic acids is 1. The average Bonchev–Trinajstić information content (AvgIpc) is 2.83. The van der Waals surface area contributed by atoms with E-state index in [2.05, 4.69) is 15.7 Å². The fraction of sp³-hybridized carbons (Fsp3) is 0.333. The minimum Gasteiger partial charge on any atom is -0.486 e. The number of para-hydroxylation sites is 2. The fourth-order valence-electron chi connectivity index (χ4n) is 2.15. The van der Waals surface area contributed by atoms with Crippen molar-refractivity contribution in [3.05, 3.63) is 36.0 Å². The summed E-state index contributed by atoms with van der Waals surface area (Å²) in [5.74, 6) is 1.94. The Hall–Kier alpha value is -2.70. The van der Waals surface area contributed by atoms with Crippen LogP contribution in [0.2, 0.25) is 0 Å². The molecule has 2 N–H and O–H groups in total. The monoisotopic (exact) mass is 302 g/mol. The van der Waals surface area contributed by atoms with E-state index in [-0.39, 0.29) is 12.1 Å². The highest BCUT2D eigenvalue weighted by Crippen LogP contribution is 2.30. The first-order valence-electron chi connectivity index (χ1n) is 7.06. The molecule has 0 saturated carbocycles. The molecule has 7 heteroatoms. The standard InChI is InChI=1S/C15H18N4O3/c1-10-7-14(18-19(10)2)17-15(20)16-8-11-9-21-12-5-3-4-6-13(12)22-11/h3-7,11H,8-9H2,1-2H3,(H2,16,17,18,20). The molecule has 2 aromatic rings. The molecule has 1 atom stereocenters. The summed E-state index contributed by atoms with van der Waals surface area (Å²) in [5.41, 5.74) is 0.968. The Balaban J connectivity index is 1.50. The van der Waals surface area contributed by atoms with Crippen molar-refractivity contribution in [2.75, 3.05) is 18.5 Å². The molecule has 22 heavy (non-hydrogen) atoms. The Kier molecular flexibility index (Phi) is 3.86. The molecular formula is C15H18N4O3. The van der Waals surface area contributed by atoms with E-state index in [4.69, 9.17) is 9.47 Å². The van der Waals surface area contributed by atoms with Crippen LogP contribution < -0.4 is 20.1 Å². The Morgan fingerprint density at radius 1 is 1.41 bits per heavy atom. The summed E-state index contributed by atoms with van der Waals surface area (Å²) in [6.45, 7) is 2.67. The van der Waals surface area contributed by atoms with Gasteiger partial charge in [-0.15, -0.1) is 0 Å². The zero-order valence-electron chi connectivity index (χ0n) is 12.5. The molecule has 116 valence electrons. The third-order valence-corrected chi connectivity index (χ3v) is 3.41. The molecule has 3 rings (SSSR count). The molecule has 2 amide bonds. The largest absolute Gasteiger partial charge is 0.486 e. The van der Waals surface area contributed by atoms with Gasteiger partial charge in [-0.1, -0.05) is 12.1 Å². The van der Waals surface area contributed by atoms with Crippen molar-refractivity contribution in [1.82, 2.24) is 15.1 Å². The van der Waals surface area contributed by atoms with Gasteiger partial charge in [-0.05, 0) is 19.1 Å². The number of hydrogen-bond donors (Lipinski definition) is 2. The summed E-state index contributed by atoms with van der Waals surface area (Å²) in [4.78, 5) is 11.9. The zero-order chi connectivity index (χ0) is 15.5. The lowest BCUT2D eigenvalue weighted by molar-refractivity contribution is 0.0922. The van der Waals surface area contributed by atoms with Crippen molar-refractivity contribution < 1.29 is 14.3 Å². The van der Waals surface area contributed by atoms with Crippen molar-refractivity contribution in [3.8, 4) is 11.5 Å². The number of hydrogen-bond acceptors (Lipinski definition) is 4. The number of nitrogens with one attached hydrogen (secondary N) is 2. The third kappa shape index (κ3) is 3.13. The molecule has 0 aliphatic carbocycles. The maximum atomic E-state index is 11.9. The number of ether oxygens (including phenoxy) is 2. The summed E-state index contributed by atoms with van der Waals surface area (Å²) >= 11 is 0. The van der Waals surface area contributed by atoms with Crippen LogP contribution in [-0.2, 0) is 7.05 Å². The van der Waals surface area contributed by atoms with Crippen molar-refractivity contribution in [3.63, 3.8) is 0 Å². The molecule has 0 fully saturated rings. The number of nitrogens with zero attached hydrogens (tertiary/aromatic N) is 2. The lowest BCUT2D eigenvalue weighted by Crippen LogP contribution is -2.42. The molecular weight excluding hydrogens is 284 g/mol. The van der Waals surface area contributed by atoms with Gasteiger partial charge in [0.05, 0.1) is 6.54 Å². The first kappa shape index (κ1) is 14.2. The van der Waals surface area contributed by atoms with Crippen molar-refractivity contribution in [1.29, 1.82) is 0 Å². The maximum absolute atomic E-state index is 11.9. The van der Waals surface area contributed by atoms with Crippen LogP contribution in [0.15, 0.2) is 30.3 Å². The summed E-state index contributed by atoms with van der Waals surface area (Å²) < 4.78 is 13.1. The summed E-state index contributed by atoms with van der Waals surface area (Å²) in [7, 11) is 1.82. The molecule has 0 spiro atoms. The van der Waals surface area contributed by atoms with E-state index in [0.29, 0.717) is 24.7 Å². The number of benzene rings is 1. The highest BCUT2D eigenvalue weighted by Gasteiger charge is 2.21. The van der Waals surface area contributed by atoms with Crippen LogP contribution in [0, 0.1) is 6.92 Å². The number of aryl methyl sites for hydroxylation is 2. The molecule has 0 bridgehead atoms. The molecule has 0 saturated heterocycles. The van der Waals surface area contributed by atoms with Crippen LogP contribution >= 0.6 is 0 Å². The van der Waals surface area contributed by atoms with E-state index in [1.54, 1.807) is 10.7 Å². The van der Waals surface area contributed by atoms with E-state index in [0.717, 1.165) is 11.4 Å². The SMILES string of the molecule is Cc1cc(NC(=O)NCC2COc3ccccc3O2)nn1C. The van der Waals surface area contributed by atoms with Gasteiger partial charge in [0.15, 0.2) is 23.4 Å². The van der Waals surface area contributed by atoms with Gasteiger partial charge in [0.2, 0.25) is 0 Å². The molecule has 1 aliphatic rings. The van der Waals surface area contributed by atoms with Crippen molar-refractivity contribution in [2.45, 2.75) is 13.0 Å². The van der Waals surface area contributed by atoms with E-state index in [9.17, 15) is 4.79 Å². The van der Waals surface area contributed by atoms with Gasteiger partial charge >= 0.3 is 6.03 Å². The Morgan fingerprint density at radius 3 is 2.91 bits per heavy atom. The summed E-state index contributed by atoms with van der Waals surface area (Å²) in [6, 6.07) is 8.96. The van der Waals surface area contributed by atoms with Crippen LogP contribution in [-0.4, -0.2) is 35.1 Å². The average molecular weight is 302 g/mol. The van der Waals surface area contributed by atoms with Crippen LogP contribution in [0.1, 0.15) is 5.69 Å². The number of aromatic nitrogens is 2. The number of amides is 2. The van der Waals surface area contributed by atoms with Crippen molar-refractivity contribution >= 4 is 11.8 Å². The van der Waals surface area contributed by atoms with Gasteiger partial charge < -0.3 is 14.8 Å². The third-order valence-electron chi connectivity index (χ3n) is 3.41. The van der Waals surface area contributed by atoms with Gasteiger partial charge in [-0.3, -0.25) is 10.00 Å². The number of fused-ring (bicyclic) bond motifs is 1. The van der Waals surface area contributed by atoms with E-state index < -0.39 is 0 Å². The van der Waals surface area contributed by atoms with Gasteiger partial charge in [0.1, 0.15) is 6.61 Å². The second kappa shape index (κ2) is 5.97. The second-order valence-corrected chi connectivity index (χ2v) is 5.13. The van der Waals surface area contributed by atoms with Crippen LogP contribution in [0.5, 0.6) is 11.5 Å². The first-order chi connectivity index (χ1) is 10.6. The van der Waals surface area contributed by atoms with Gasteiger partial charge in [0.25, 0.3) is 0 Å². The van der Waals surface area contributed by atoms with Gasteiger partial charge in [-0.25, -0.2) is 4.79 Å². The number of urea groups is 1. The Bertz CT molecular complexity index is 664. The van der Waals surface area contributed by atoms with Gasteiger partial charge in [0, 0.05) is 18.8 Å². The first-order valence-corrected chi connectivity index (χ1v) is 7.06. The van der Waals surface area contributed by atoms with Gasteiger partial charge in [-0.2, -0.15) is 5.10 Å². The molecule has 1 unspecified atom stereocenters. The van der Waals surface area contributed by atoms with Crippen LogP contribution in [0.25, 0.3) is 0 Å². The quantitative estimate of drug-likeness (QED) is 0.904. The summed E-state index contributed by atoms with van der Waals surface area (Å²) in [6.07, 6.45) is -0.217. The molecule has 2 heterocycles. The zero-order valence-corrected chi connectivity index (χ0v) is 12.5. The topological polar surface area (TPSA) is 77.4 Å². The van der Waals surface area contributed by atoms with Crippen LogP contribution in [0.3, 0.4) is 0 Å². The maximum Gasteiger partial charge on any atom is 0.320 e. The predicted octanol–water partition coefficient (Wildman–Crippen LogP) is 1.69. The number of anilines is 1. The van der Waals surface area contributed by atoms with E-state index in [1.807, 2.05) is 38.2 Å². The molecule has 1 aromatic heterocycles. The number of rotatable bonds is 3. The molecule has 7 nitrogen and oxygen atoms in total. The number of carbonyl (C=O) groups is 1. The molecule has 1 aromatic carbocycles. The minimum absolute atomic E-state index is 0.217. The van der Waals surface area contributed by atoms with Crippen LogP contribution in [0.4, 0.5) is 10.6 Å². The second-order valence-electron chi connectivity index (χ2n) is 5.13. The lowest BCUT2D eigenvalue weighted by atomic mass is 10.2. The normalized spacial score (nSPS) is 16.2. The fourth-order valence-corrected chi connectivity index (χ4v) is 2.15. The molecule has 1 aliphatic heterocycles. The minimum atomic E-state index is -0.319. The molecule has 0 radical (unpaired) electrons. The van der Waals surface area contributed by atoms with E-state index in [1.165, 1.54) is 0 Å². The lowest BCUT2D eigenvalue weighted by Gasteiger charge is -2.26. The smallest absolute Gasteiger partial charge is 0.320 e. The summed E-state index contributed by atoms with van der Waals surface area (Å²) in [5, 5.41) is 9.60. The Labute approximate surface area is 128 Å². The highest BCUT2D eigenvalue weighted by atomic mass is 16.6. The Morgan fingerprint density at radius 2 is 2.18 bits per heavy atom. The predicted molar refractivity (Wildman–Crippen MR) is 81.3 cm³/mol.